The fourth-order valence-electron chi connectivity index (χ4n) is 3.43. The minimum Gasteiger partial charge on any atom is -0.497 e. The Balaban J connectivity index is 1.71. The molecule has 3 aromatic rings. The number of carbonyl (C=O) groups is 1. The number of fused-ring (bicyclic) bond motifs is 1. The smallest absolute Gasteiger partial charge is 0.255 e. The molecule has 1 aliphatic rings. The molecule has 3 heterocycles. The number of hydrogen-bond acceptors (Lipinski definition) is 7. The zero-order valence-corrected chi connectivity index (χ0v) is 16.3. The van der Waals surface area contributed by atoms with Gasteiger partial charge in [0.25, 0.3) is 5.56 Å². The van der Waals surface area contributed by atoms with E-state index in [4.69, 9.17) is 4.74 Å². The van der Waals surface area contributed by atoms with Crippen LogP contribution in [-0.2, 0) is 6.54 Å². The summed E-state index contributed by atoms with van der Waals surface area (Å²) >= 11 is 0. The van der Waals surface area contributed by atoms with E-state index in [-0.39, 0.29) is 23.9 Å². The van der Waals surface area contributed by atoms with E-state index in [1.165, 1.54) is 12.4 Å². The second-order valence-corrected chi connectivity index (χ2v) is 6.95. The molecular formula is C21H21N5O3. The number of nitrogens with zero attached hydrogens (tertiary/aromatic N) is 5. The fraction of sp³-hybridized carbons (Fsp3) is 0.286. The molecule has 1 aliphatic heterocycles. The molecule has 1 unspecified atom stereocenters. The predicted octanol–water partition coefficient (Wildman–Crippen LogP) is 2.19. The minimum absolute atomic E-state index is 0.0640. The third-order valence-corrected chi connectivity index (χ3v) is 5.10. The van der Waals surface area contributed by atoms with Gasteiger partial charge in [-0.3, -0.25) is 14.2 Å². The third kappa shape index (κ3) is 3.73. The topological polar surface area (TPSA) is 90.2 Å². The van der Waals surface area contributed by atoms with Crippen molar-refractivity contribution in [2.45, 2.75) is 25.9 Å². The van der Waals surface area contributed by atoms with Crippen molar-refractivity contribution < 1.29 is 9.53 Å². The van der Waals surface area contributed by atoms with Crippen LogP contribution in [-0.4, -0.2) is 45.0 Å². The lowest BCUT2D eigenvalue weighted by Crippen LogP contribution is -2.46. The molecule has 8 nitrogen and oxygen atoms in total. The predicted molar refractivity (Wildman–Crippen MR) is 108 cm³/mol. The zero-order chi connectivity index (χ0) is 20.4. The third-order valence-electron chi connectivity index (χ3n) is 5.10. The Morgan fingerprint density at radius 3 is 2.86 bits per heavy atom. The molecule has 1 aromatic carbocycles. The average Bonchev–Trinajstić information content (AvgIpc) is 2.76. The van der Waals surface area contributed by atoms with Crippen molar-refractivity contribution in [2.24, 2.45) is 0 Å². The van der Waals surface area contributed by atoms with Gasteiger partial charge in [0.15, 0.2) is 5.78 Å². The van der Waals surface area contributed by atoms with Crippen LogP contribution in [0.4, 0.5) is 5.95 Å². The van der Waals surface area contributed by atoms with Gasteiger partial charge < -0.3 is 9.64 Å². The molecular weight excluding hydrogens is 370 g/mol. The Labute approximate surface area is 167 Å². The molecule has 0 N–H and O–H groups in total. The maximum Gasteiger partial charge on any atom is 0.255 e. The summed E-state index contributed by atoms with van der Waals surface area (Å²) in [5.74, 6) is 1.05. The highest BCUT2D eigenvalue weighted by Gasteiger charge is 2.28. The first-order chi connectivity index (χ1) is 14.1. The molecule has 0 fully saturated rings. The number of hydrogen-bond donors (Lipinski definition) is 0. The van der Waals surface area contributed by atoms with Crippen molar-refractivity contribution in [3.63, 3.8) is 0 Å². The van der Waals surface area contributed by atoms with Crippen LogP contribution in [0.5, 0.6) is 5.75 Å². The lowest BCUT2D eigenvalue weighted by atomic mass is 10.1. The summed E-state index contributed by atoms with van der Waals surface area (Å²) in [4.78, 5) is 40.3. The van der Waals surface area contributed by atoms with Crippen molar-refractivity contribution >= 4 is 11.7 Å². The number of rotatable bonds is 5. The molecule has 0 aliphatic carbocycles. The summed E-state index contributed by atoms with van der Waals surface area (Å²) in [5, 5.41) is 0. The number of ether oxygens (including phenoxy) is 1. The molecule has 0 radical (unpaired) electrons. The molecule has 0 bridgehead atoms. The Bertz CT molecular complexity index is 1100. The number of ketones is 1. The van der Waals surface area contributed by atoms with Gasteiger partial charge in [-0.25, -0.2) is 15.0 Å². The number of anilines is 1. The number of benzene rings is 1. The highest BCUT2D eigenvalue weighted by atomic mass is 16.5. The molecule has 8 heteroatoms. The highest BCUT2D eigenvalue weighted by molar-refractivity contribution is 5.99. The first-order valence-electron chi connectivity index (χ1n) is 9.39. The Kier molecular flexibility index (Phi) is 5.07. The van der Waals surface area contributed by atoms with E-state index in [0.29, 0.717) is 35.2 Å². The lowest BCUT2D eigenvalue weighted by Gasteiger charge is -2.36. The van der Waals surface area contributed by atoms with E-state index in [0.717, 1.165) is 6.42 Å². The van der Waals surface area contributed by atoms with Crippen LogP contribution in [0.2, 0.25) is 0 Å². The van der Waals surface area contributed by atoms with Gasteiger partial charge in [0.1, 0.15) is 12.1 Å². The summed E-state index contributed by atoms with van der Waals surface area (Å²) < 4.78 is 6.83. The van der Waals surface area contributed by atoms with E-state index in [9.17, 15) is 9.59 Å². The van der Waals surface area contributed by atoms with E-state index >= 15 is 0 Å². The van der Waals surface area contributed by atoms with Crippen LogP contribution in [0, 0.1) is 0 Å². The van der Waals surface area contributed by atoms with Crippen LogP contribution in [0.15, 0.2) is 53.7 Å². The van der Waals surface area contributed by atoms with Gasteiger partial charge in [-0.1, -0.05) is 12.1 Å². The molecule has 148 valence electrons. The number of aromatic nitrogens is 4. The first kappa shape index (κ1) is 18.8. The first-order valence-corrected chi connectivity index (χ1v) is 9.39. The molecule has 0 amide bonds. The van der Waals surface area contributed by atoms with Crippen molar-refractivity contribution in [1.82, 2.24) is 19.5 Å². The van der Waals surface area contributed by atoms with Gasteiger partial charge in [-0.2, -0.15) is 0 Å². The summed E-state index contributed by atoms with van der Waals surface area (Å²) in [6.07, 6.45) is 3.78. The summed E-state index contributed by atoms with van der Waals surface area (Å²) in [7, 11) is 1.57. The summed E-state index contributed by atoms with van der Waals surface area (Å²) in [5.41, 5.74) is 1.44. The second kappa shape index (κ2) is 7.83. The Morgan fingerprint density at radius 1 is 1.24 bits per heavy atom. The van der Waals surface area contributed by atoms with Gasteiger partial charge >= 0.3 is 0 Å². The van der Waals surface area contributed by atoms with E-state index in [1.807, 2.05) is 11.8 Å². The average molecular weight is 391 g/mol. The second-order valence-electron chi connectivity index (χ2n) is 6.95. The van der Waals surface area contributed by atoms with Crippen molar-refractivity contribution in [1.29, 1.82) is 0 Å². The Morgan fingerprint density at radius 2 is 2.10 bits per heavy atom. The molecule has 4 rings (SSSR count). The highest BCUT2D eigenvalue weighted by Crippen LogP contribution is 2.25. The van der Waals surface area contributed by atoms with Crippen LogP contribution < -0.4 is 15.2 Å². The van der Waals surface area contributed by atoms with Gasteiger partial charge in [-0.15, -0.1) is 0 Å². The van der Waals surface area contributed by atoms with Gasteiger partial charge in [-0.05, 0) is 31.5 Å². The van der Waals surface area contributed by atoms with E-state index in [1.54, 1.807) is 48.2 Å². The number of methoxy groups -OCH3 is 1. The van der Waals surface area contributed by atoms with Crippen molar-refractivity contribution in [3.05, 3.63) is 64.8 Å². The normalized spacial score (nSPS) is 15.7. The van der Waals surface area contributed by atoms with Crippen molar-refractivity contribution in [3.8, 4) is 17.1 Å². The minimum atomic E-state index is -0.158. The monoisotopic (exact) mass is 391 g/mol. The molecule has 29 heavy (non-hydrogen) atoms. The van der Waals surface area contributed by atoms with Crippen LogP contribution in [0.25, 0.3) is 11.4 Å². The fourth-order valence-corrected chi connectivity index (χ4v) is 3.43. The largest absolute Gasteiger partial charge is 0.497 e. The van der Waals surface area contributed by atoms with Crippen LogP contribution >= 0.6 is 0 Å². The lowest BCUT2D eigenvalue weighted by molar-refractivity contribution is 0.0994. The SMILES string of the molecule is COc1cccc(C(=O)CN2c3nc(-c4ccncn4)cc(=O)n3CCC2C)c1. The van der Waals surface area contributed by atoms with Crippen LogP contribution in [0.3, 0.4) is 0 Å². The molecule has 1 atom stereocenters. The molecule has 2 aromatic heterocycles. The summed E-state index contributed by atoms with van der Waals surface area (Å²) in [6.45, 7) is 2.72. The number of Topliss-reactive ketones (excluding diaryl/α,β-unsaturated/α-hetero) is 1. The van der Waals surface area contributed by atoms with Gasteiger partial charge in [0.05, 0.1) is 25.0 Å². The van der Waals surface area contributed by atoms with Gasteiger partial charge in [0, 0.05) is 30.4 Å². The molecule has 0 saturated heterocycles. The quantitative estimate of drug-likeness (QED) is 0.616. The van der Waals surface area contributed by atoms with Crippen molar-refractivity contribution in [2.75, 3.05) is 18.6 Å². The molecule has 0 spiro atoms. The zero-order valence-electron chi connectivity index (χ0n) is 16.3. The van der Waals surface area contributed by atoms with E-state index in [2.05, 4.69) is 15.0 Å². The maximum atomic E-state index is 12.9. The summed E-state index contributed by atoms with van der Waals surface area (Å²) in [6, 6.07) is 10.3. The van der Waals surface area contributed by atoms with Crippen LogP contribution in [0.1, 0.15) is 23.7 Å². The maximum absolute atomic E-state index is 12.9. The number of carbonyl (C=O) groups excluding carboxylic acids is 1. The Hall–Kier alpha value is -3.55. The van der Waals surface area contributed by atoms with E-state index < -0.39 is 0 Å². The standard InChI is InChI=1S/C21H21N5O3/c1-14-7-9-25-20(28)11-18(17-6-8-22-13-23-17)24-21(25)26(14)12-19(27)15-4-3-5-16(10-15)29-2/h3-6,8,10-11,13-14H,7,9,12H2,1-2H3. The molecule has 0 saturated carbocycles. The van der Waals surface area contributed by atoms with Gasteiger partial charge in [0.2, 0.25) is 5.95 Å².